The normalized spacial score (nSPS) is 21.4. The van der Waals surface area contributed by atoms with Crippen molar-refractivity contribution in [2.45, 2.75) is 19.4 Å². The minimum absolute atomic E-state index is 0.0214. The zero-order valence-electron chi connectivity index (χ0n) is 12.9. The van der Waals surface area contributed by atoms with E-state index in [0.717, 1.165) is 6.42 Å². The summed E-state index contributed by atoms with van der Waals surface area (Å²) in [6.45, 7) is 3.35. The van der Waals surface area contributed by atoms with Gasteiger partial charge in [-0.05, 0) is 44.0 Å². The lowest BCUT2D eigenvalue weighted by molar-refractivity contribution is 0.0743. The van der Waals surface area contributed by atoms with Crippen molar-refractivity contribution in [2.24, 2.45) is 11.7 Å². The summed E-state index contributed by atoms with van der Waals surface area (Å²) in [5.41, 5.74) is 6.80. The third kappa shape index (κ3) is 3.24. The number of nitrogens with two attached hydrogens (primary N) is 1. The molecule has 0 bridgehead atoms. The van der Waals surface area contributed by atoms with Gasteiger partial charge in [-0.15, -0.1) is 0 Å². The molecule has 1 fully saturated rings. The minimum atomic E-state index is -0.0982. The van der Waals surface area contributed by atoms with E-state index < -0.39 is 0 Å². The van der Waals surface area contributed by atoms with Gasteiger partial charge >= 0.3 is 0 Å². The number of amides is 2. The van der Waals surface area contributed by atoms with Crippen LogP contribution in [0, 0.1) is 5.92 Å². The molecule has 0 radical (unpaired) electrons. The first kappa shape index (κ1) is 15.5. The molecular weight excluding hydrogens is 266 g/mol. The summed E-state index contributed by atoms with van der Waals surface area (Å²) in [6, 6.07) is 7.12. The second-order valence-electron chi connectivity index (χ2n) is 5.92. The number of likely N-dealkylation sites (tertiary alicyclic amines) is 1. The van der Waals surface area contributed by atoms with Crippen molar-refractivity contribution in [1.29, 1.82) is 0 Å². The molecule has 1 aromatic carbocycles. The van der Waals surface area contributed by atoms with Crippen LogP contribution in [0.25, 0.3) is 0 Å². The summed E-state index contributed by atoms with van der Waals surface area (Å²) in [5, 5.41) is 0. The Bertz CT molecular complexity index is 542. The largest absolute Gasteiger partial charge is 0.345 e. The van der Waals surface area contributed by atoms with Crippen molar-refractivity contribution in [2.75, 3.05) is 27.2 Å². The molecule has 21 heavy (non-hydrogen) atoms. The third-order valence-corrected chi connectivity index (χ3v) is 4.02. The predicted octanol–water partition coefficient (Wildman–Crippen LogP) is 1.20. The molecule has 0 spiro atoms. The highest BCUT2D eigenvalue weighted by Crippen LogP contribution is 2.24. The van der Waals surface area contributed by atoms with Gasteiger partial charge in [-0.3, -0.25) is 9.59 Å². The molecule has 1 aliphatic heterocycles. The number of rotatable bonds is 3. The van der Waals surface area contributed by atoms with Crippen LogP contribution in [0.3, 0.4) is 0 Å². The molecule has 2 rings (SSSR count). The molecule has 1 saturated heterocycles. The number of carbonyl (C=O) groups is 2. The Morgan fingerprint density at radius 1 is 1.33 bits per heavy atom. The zero-order chi connectivity index (χ0) is 15.6. The first-order valence-electron chi connectivity index (χ1n) is 7.26. The number of hydrogen-bond donors (Lipinski definition) is 1. The maximum Gasteiger partial charge on any atom is 0.254 e. The maximum atomic E-state index is 12.6. The lowest BCUT2D eigenvalue weighted by atomic mass is 10.1. The molecule has 1 heterocycles. The fourth-order valence-electron chi connectivity index (χ4n) is 2.81. The van der Waals surface area contributed by atoms with Crippen molar-refractivity contribution in [1.82, 2.24) is 9.80 Å². The molecule has 2 unspecified atom stereocenters. The van der Waals surface area contributed by atoms with Crippen LogP contribution in [-0.4, -0.2) is 54.8 Å². The van der Waals surface area contributed by atoms with Gasteiger partial charge in [0.15, 0.2) is 0 Å². The van der Waals surface area contributed by atoms with Crippen LogP contribution >= 0.6 is 0 Å². The highest BCUT2D eigenvalue weighted by molar-refractivity contribution is 5.99. The van der Waals surface area contributed by atoms with Crippen LogP contribution in [0.4, 0.5) is 0 Å². The summed E-state index contributed by atoms with van der Waals surface area (Å²) in [5.74, 6) is 0.251. The van der Waals surface area contributed by atoms with E-state index in [0.29, 0.717) is 30.1 Å². The molecular formula is C16H23N3O2. The van der Waals surface area contributed by atoms with E-state index in [1.807, 2.05) is 11.8 Å². The molecule has 5 heteroatoms. The molecule has 2 amide bonds. The number of nitrogens with zero attached hydrogens (tertiary/aromatic N) is 2. The number of hydrogen-bond acceptors (Lipinski definition) is 3. The Morgan fingerprint density at radius 3 is 2.57 bits per heavy atom. The fourth-order valence-corrected chi connectivity index (χ4v) is 2.81. The van der Waals surface area contributed by atoms with Gasteiger partial charge in [-0.2, -0.15) is 0 Å². The van der Waals surface area contributed by atoms with Crippen molar-refractivity contribution >= 4 is 11.8 Å². The fraction of sp³-hybridized carbons (Fsp3) is 0.500. The lowest BCUT2D eigenvalue weighted by Gasteiger charge is -2.22. The van der Waals surface area contributed by atoms with Gasteiger partial charge in [0.25, 0.3) is 11.8 Å². The third-order valence-electron chi connectivity index (χ3n) is 4.02. The van der Waals surface area contributed by atoms with Crippen LogP contribution < -0.4 is 5.73 Å². The number of benzene rings is 1. The maximum absolute atomic E-state index is 12.6. The van der Waals surface area contributed by atoms with Crippen LogP contribution in [0.5, 0.6) is 0 Å². The van der Waals surface area contributed by atoms with Crippen LogP contribution in [-0.2, 0) is 0 Å². The van der Waals surface area contributed by atoms with Crippen molar-refractivity contribution in [3.63, 3.8) is 0 Å². The minimum Gasteiger partial charge on any atom is -0.345 e. The summed E-state index contributed by atoms with van der Waals surface area (Å²) in [4.78, 5) is 28.0. The molecule has 1 aromatic rings. The topological polar surface area (TPSA) is 66.6 Å². The molecule has 0 aliphatic carbocycles. The predicted molar refractivity (Wildman–Crippen MR) is 82.1 cm³/mol. The van der Waals surface area contributed by atoms with E-state index in [-0.39, 0.29) is 17.9 Å². The van der Waals surface area contributed by atoms with Gasteiger partial charge in [0.1, 0.15) is 0 Å². The van der Waals surface area contributed by atoms with Crippen LogP contribution in [0.2, 0.25) is 0 Å². The van der Waals surface area contributed by atoms with E-state index in [9.17, 15) is 9.59 Å². The lowest BCUT2D eigenvalue weighted by Crippen LogP contribution is -2.34. The van der Waals surface area contributed by atoms with E-state index in [1.165, 1.54) is 4.90 Å². The highest BCUT2D eigenvalue weighted by atomic mass is 16.2. The summed E-state index contributed by atoms with van der Waals surface area (Å²) in [6.07, 6.45) is 0.943. The number of carbonyl (C=O) groups excluding carboxylic acids is 2. The SMILES string of the molecule is CC1CC(CN)CN1C(=O)c1cccc(C(=O)N(C)C)c1. The Balaban J connectivity index is 2.20. The van der Waals surface area contributed by atoms with Crippen LogP contribution in [0.15, 0.2) is 24.3 Å². The van der Waals surface area contributed by atoms with Gasteiger partial charge < -0.3 is 15.5 Å². The summed E-state index contributed by atoms with van der Waals surface area (Å²) in [7, 11) is 3.40. The second-order valence-corrected chi connectivity index (χ2v) is 5.92. The van der Waals surface area contributed by atoms with E-state index in [1.54, 1.807) is 38.4 Å². The standard InChI is InChI=1S/C16H23N3O2/c1-11-7-12(9-17)10-19(11)16(21)14-6-4-5-13(8-14)15(20)18(2)3/h4-6,8,11-12H,7,9-10,17H2,1-3H3. The van der Waals surface area contributed by atoms with E-state index in [2.05, 4.69) is 0 Å². The molecule has 1 aliphatic rings. The quantitative estimate of drug-likeness (QED) is 0.909. The van der Waals surface area contributed by atoms with Gasteiger partial charge in [-0.25, -0.2) is 0 Å². The first-order valence-corrected chi connectivity index (χ1v) is 7.26. The summed E-state index contributed by atoms with van der Waals surface area (Å²) < 4.78 is 0. The van der Waals surface area contributed by atoms with Gasteiger partial charge in [-0.1, -0.05) is 6.07 Å². The smallest absolute Gasteiger partial charge is 0.254 e. The molecule has 2 atom stereocenters. The van der Waals surface area contributed by atoms with E-state index >= 15 is 0 Å². The zero-order valence-corrected chi connectivity index (χ0v) is 12.9. The second kappa shape index (κ2) is 6.26. The molecule has 0 aromatic heterocycles. The Hall–Kier alpha value is -1.88. The van der Waals surface area contributed by atoms with Gasteiger partial charge in [0.05, 0.1) is 0 Å². The van der Waals surface area contributed by atoms with Crippen LogP contribution in [0.1, 0.15) is 34.1 Å². The molecule has 0 saturated carbocycles. The molecule has 2 N–H and O–H groups in total. The Labute approximate surface area is 125 Å². The van der Waals surface area contributed by atoms with Gasteiger partial charge in [0.2, 0.25) is 0 Å². The molecule has 5 nitrogen and oxygen atoms in total. The highest BCUT2D eigenvalue weighted by Gasteiger charge is 2.32. The Morgan fingerprint density at radius 2 is 2.00 bits per heavy atom. The average molecular weight is 289 g/mol. The molecule has 114 valence electrons. The van der Waals surface area contributed by atoms with Crippen molar-refractivity contribution < 1.29 is 9.59 Å². The van der Waals surface area contributed by atoms with Crippen molar-refractivity contribution in [3.8, 4) is 0 Å². The van der Waals surface area contributed by atoms with Gasteiger partial charge in [0, 0.05) is 37.8 Å². The van der Waals surface area contributed by atoms with E-state index in [4.69, 9.17) is 5.73 Å². The first-order chi connectivity index (χ1) is 9.93. The Kier molecular flexibility index (Phi) is 4.63. The average Bonchev–Trinajstić information content (AvgIpc) is 2.86. The summed E-state index contributed by atoms with van der Waals surface area (Å²) >= 11 is 0. The monoisotopic (exact) mass is 289 g/mol. The van der Waals surface area contributed by atoms with Crippen molar-refractivity contribution in [3.05, 3.63) is 35.4 Å².